The fourth-order valence-corrected chi connectivity index (χ4v) is 1.82. The number of morpholine rings is 1. The monoisotopic (exact) mass is 227 g/mol. The molecule has 5 heteroatoms. The van der Waals surface area contributed by atoms with Crippen LogP contribution in [0.4, 0.5) is 5.82 Å². The fraction of sp³-hybridized carbons (Fsp3) is 0.600. The van der Waals surface area contributed by atoms with Crippen molar-refractivity contribution < 1.29 is 4.74 Å². The zero-order chi connectivity index (χ0) is 10.7. The second-order valence-electron chi connectivity index (χ2n) is 3.53. The third kappa shape index (κ3) is 2.58. The molecule has 1 aromatic heterocycles. The smallest absolute Gasteiger partial charge is 0.224 e. The highest BCUT2D eigenvalue weighted by Crippen LogP contribution is 2.17. The quantitative estimate of drug-likeness (QED) is 0.722. The molecule has 0 aromatic carbocycles. The Hall–Kier alpha value is -0.870. The molecule has 0 radical (unpaired) electrons. The minimum absolute atomic E-state index is 0.298. The standard InChI is InChI=1S/C10H14ClN3O/c1-2-8-7-14(5-6-15-8)9-3-4-12-10(11)13-9/h3-4,8H,2,5-7H2,1H3. The lowest BCUT2D eigenvalue weighted by Crippen LogP contribution is -2.42. The van der Waals surface area contributed by atoms with Crippen molar-refractivity contribution in [1.82, 2.24) is 9.97 Å². The highest BCUT2D eigenvalue weighted by Gasteiger charge is 2.19. The van der Waals surface area contributed by atoms with E-state index < -0.39 is 0 Å². The van der Waals surface area contributed by atoms with E-state index in [-0.39, 0.29) is 0 Å². The summed E-state index contributed by atoms with van der Waals surface area (Å²) in [7, 11) is 0. The van der Waals surface area contributed by atoms with E-state index in [4.69, 9.17) is 16.3 Å². The highest BCUT2D eigenvalue weighted by molar-refractivity contribution is 6.28. The molecular formula is C10H14ClN3O. The summed E-state index contributed by atoms with van der Waals surface area (Å²) >= 11 is 5.75. The molecule has 15 heavy (non-hydrogen) atoms. The lowest BCUT2D eigenvalue weighted by atomic mass is 10.2. The van der Waals surface area contributed by atoms with E-state index >= 15 is 0 Å². The average Bonchev–Trinajstić information content (AvgIpc) is 2.29. The molecule has 0 amide bonds. The van der Waals surface area contributed by atoms with Gasteiger partial charge >= 0.3 is 0 Å². The molecule has 0 bridgehead atoms. The third-order valence-electron chi connectivity index (χ3n) is 2.53. The highest BCUT2D eigenvalue weighted by atomic mass is 35.5. The Kier molecular flexibility index (Phi) is 3.38. The Balaban J connectivity index is 2.09. The van der Waals surface area contributed by atoms with Crippen LogP contribution in [-0.2, 0) is 4.74 Å². The van der Waals surface area contributed by atoms with Crippen molar-refractivity contribution >= 4 is 17.4 Å². The molecule has 0 saturated carbocycles. The van der Waals surface area contributed by atoms with Gasteiger partial charge in [0.15, 0.2) is 0 Å². The van der Waals surface area contributed by atoms with Gasteiger partial charge in [0, 0.05) is 19.3 Å². The molecule has 0 aliphatic carbocycles. The van der Waals surface area contributed by atoms with Gasteiger partial charge in [-0.3, -0.25) is 0 Å². The Morgan fingerprint density at radius 1 is 1.67 bits per heavy atom. The van der Waals surface area contributed by atoms with Crippen LogP contribution in [0.25, 0.3) is 0 Å². The predicted molar refractivity (Wildman–Crippen MR) is 59.3 cm³/mol. The minimum atomic E-state index is 0.298. The summed E-state index contributed by atoms with van der Waals surface area (Å²) in [5.74, 6) is 0.886. The van der Waals surface area contributed by atoms with Crippen LogP contribution in [0.5, 0.6) is 0 Å². The number of hydrogen-bond donors (Lipinski definition) is 0. The second-order valence-corrected chi connectivity index (χ2v) is 3.87. The van der Waals surface area contributed by atoms with Crippen molar-refractivity contribution in [3.05, 3.63) is 17.5 Å². The Morgan fingerprint density at radius 3 is 3.27 bits per heavy atom. The molecule has 1 saturated heterocycles. The molecule has 0 spiro atoms. The van der Waals surface area contributed by atoms with Gasteiger partial charge in [0.25, 0.3) is 0 Å². The SMILES string of the molecule is CCC1CN(c2ccnc(Cl)n2)CCO1. The van der Waals surface area contributed by atoms with Crippen LogP contribution < -0.4 is 4.90 Å². The van der Waals surface area contributed by atoms with Gasteiger partial charge < -0.3 is 9.64 Å². The summed E-state index contributed by atoms with van der Waals surface area (Å²) in [5.41, 5.74) is 0. The summed E-state index contributed by atoms with van der Waals surface area (Å²) in [4.78, 5) is 10.2. The first kappa shape index (κ1) is 10.6. The maximum Gasteiger partial charge on any atom is 0.224 e. The van der Waals surface area contributed by atoms with Gasteiger partial charge in [-0.2, -0.15) is 0 Å². The summed E-state index contributed by atoms with van der Waals surface area (Å²) in [6.07, 6.45) is 3.00. The van der Waals surface area contributed by atoms with Gasteiger partial charge in [-0.25, -0.2) is 9.97 Å². The van der Waals surface area contributed by atoms with Crippen LogP contribution >= 0.6 is 11.6 Å². The van der Waals surface area contributed by atoms with Crippen molar-refractivity contribution in [1.29, 1.82) is 0 Å². The number of nitrogens with zero attached hydrogens (tertiary/aromatic N) is 3. The molecule has 82 valence electrons. The Labute approximate surface area is 94.2 Å². The molecule has 1 aliphatic rings. The van der Waals surface area contributed by atoms with Crippen LogP contribution in [-0.4, -0.2) is 35.8 Å². The Bertz CT molecular complexity index is 334. The number of rotatable bonds is 2. The second kappa shape index (κ2) is 4.77. The summed E-state index contributed by atoms with van der Waals surface area (Å²) in [6.45, 7) is 4.62. The summed E-state index contributed by atoms with van der Waals surface area (Å²) in [5, 5.41) is 0.298. The molecule has 1 atom stereocenters. The molecule has 1 unspecified atom stereocenters. The largest absolute Gasteiger partial charge is 0.375 e. The van der Waals surface area contributed by atoms with E-state index in [0.717, 1.165) is 31.9 Å². The van der Waals surface area contributed by atoms with E-state index in [1.54, 1.807) is 6.20 Å². The van der Waals surface area contributed by atoms with Gasteiger partial charge in [0.05, 0.1) is 12.7 Å². The van der Waals surface area contributed by atoms with Crippen molar-refractivity contribution in [3.63, 3.8) is 0 Å². The lowest BCUT2D eigenvalue weighted by Gasteiger charge is -2.33. The van der Waals surface area contributed by atoms with Gasteiger partial charge in [-0.1, -0.05) is 6.92 Å². The lowest BCUT2D eigenvalue weighted by molar-refractivity contribution is 0.0381. The van der Waals surface area contributed by atoms with Crippen molar-refractivity contribution in [2.45, 2.75) is 19.4 Å². The van der Waals surface area contributed by atoms with Gasteiger partial charge in [-0.05, 0) is 24.1 Å². The van der Waals surface area contributed by atoms with Gasteiger partial charge in [0.1, 0.15) is 5.82 Å². The van der Waals surface area contributed by atoms with Crippen LogP contribution in [0.15, 0.2) is 12.3 Å². The summed E-state index contributed by atoms with van der Waals surface area (Å²) in [6, 6.07) is 1.88. The van der Waals surface area contributed by atoms with Crippen LogP contribution in [0.1, 0.15) is 13.3 Å². The van der Waals surface area contributed by atoms with Gasteiger partial charge in [0.2, 0.25) is 5.28 Å². The first-order valence-electron chi connectivity index (χ1n) is 5.14. The first-order chi connectivity index (χ1) is 7.29. The maximum atomic E-state index is 5.75. The van der Waals surface area contributed by atoms with Gasteiger partial charge in [-0.15, -0.1) is 0 Å². The molecule has 1 aromatic rings. The van der Waals surface area contributed by atoms with Crippen LogP contribution in [0, 0.1) is 0 Å². The molecule has 2 heterocycles. The van der Waals surface area contributed by atoms with E-state index in [9.17, 15) is 0 Å². The summed E-state index contributed by atoms with van der Waals surface area (Å²) < 4.78 is 5.59. The molecule has 1 aliphatic heterocycles. The molecule has 2 rings (SSSR count). The van der Waals surface area contributed by atoms with E-state index in [1.807, 2.05) is 6.07 Å². The number of hydrogen-bond acceptors (Lipinski definition) is 4. The van der Waals surface area contributed by atoms with Crippen molar-refractivity contribution in [3.8, 4) is 0 Å². The average molecular weight is 228 g/mol. The zero-order valence-electron chi connectivity index (χ0n) is 8.69. The zero-order valence-corrected chi connectivity index (χ0v) is 9.44. The third-order valence-corrected chi connectivity index (χ3v) is 2.71. The normalized spacial score (nSPS) is 21.7. The van der Waals surface area contributed by atoms with Crippen molar-refractivity contribution in [2.24, 2.45) is 0 Å². The van der Waals surface area contributed by atoms with Crippen molar-refractivity contribution in [2.75, 3.05) is 24.6 Å². The van der Waals surface area contributed by atoms with E-state index in [2.05, 4.69) is 21.8 Å². The van der Waals surface area contributed by atoms with E-state index in [0.29, 0.717) is 11.4 Å². The molecule has 4 nitrogen and oxygen atoms in total. The van der Waals surface area contributed by atoms with E-state index in [1.165, 1.54) is 0 Å². The molecule has 1 fully saturated rings. The minimum Gasteiger partial charge on any atom is -0.375 e. The number of anilines is 1. The molecular weight excluding hydrogens is 214 g/mol. The number of aromatic nitrogens is 2. The predicted octanol–water partition coefficient (Wildman–Crippen LogP) is 1.75. The number of halogens is 1. The Morgan fingerprint density at radius 2 is 2.53 bits per heavy atom. The topological polar surface area (TPSA) is 38.2 Å². The number of ether oxygens (including phenoxy) is 1. The first-order valence-corrected chi connectivity index (χ1v) is 5.52. The van der Waals surface area contributed by atoms with Crippen LogP contribution in [0.2, 0.25) is 5.28 Å². The fourth-order valence-electron chi connectivity index (χ4n) is 1.68. The van der Waals surface area contributed by atoms with Crippen LogP contribution in [0.3, 0.4) is 0 Å². The maximum absolute atomic E-state index is 5.75. The molecule has 0 N–H and O–H groups in total.